The lowest BCUT2D eigenvalue weighted by molar-refractivity contribution is -0.151. The Morgan fingerprint density at radius 1 is 0.542 bits per heavy atom. The maximum atomic E-state index is 13.4. The van der Waals surface area contributed by atoms with Crippen LogP contribution >= 0.6 is 0 Å². The standard InChI is InChI=1S/C49H92N2O8/c1-6-9-12-15-18-19-20-23-30-39-56-46(52)34-27-24-29-37-51-42-44(59-48(54)36-38-50(4)5)41-45(51)49(55)57-40-31-28-35-47(53)58-43(32-25-21-16-13-10-7-2)33-26-22-17-14-11-8-3/h43-45H,6-42H2,1-5H3/t44-,45-/m0/s1. The highest BCUT2D eigenvalue weighted by Crippen LogP contribution is 2.24. The molecule has 10 nitrogen and oxygen atoms in total. The molecule has 0 aromatic heterocycles. The van der Waals surface area contributed by atoms with E-state index in [1.54, 1.807) is 0 Å². The summed E-state index contributed by atoms with van der Waals surface area (Å²) in [6, 6.07) is -0.488. The van der Waals surface area contributed by atoms with Crippen LogP contribution in [0.15, 0.2) is 0 Å². The van der Waals surface area contributed by atoms with Crippen molar-refractivity contribution in [1.82, 2.24) is 9.80 Å². The fraction of sp³-hybridized carbons (Fsp3) is 0.918. The van der Waals surface area contributed by atoms with Gasteiger partial charge in [0, 0.05) is 32.4 Å². The number of hydrogen-bond donors (Lipinski definition) is 0. The number of carbonyl (C=O) groups excluding carboxylic acids is 4. The fourth-order valence-corrected chi connectivity index (χ4v) is 7.88. The molecule has 0 aromatic carbocycles. The lowest BCUT2D eigenvalue weighted by Crippen LogP contribution is -2.38. The molecule has 0 aromatic rings. The van der Waals surface area contributed by atoms with E-state index in [9.17, 15) is 19.2 Å². The molecule has 0 aliphatic carbocycles. The van der Waals surface area contributed by atoms with Crippen molar-refractivity contribution in [3.63, 3.8) is 0 Å². The van der Waals surface area contributed by atoms with Crippen molar-refractivity contribution < 1.29 is 38.1 Å². The minimum atomic E-state index is -0.488. The Balaban J connectivity index is 2.47. The Hall–Kier alpha value is -2.20. The van der Waals surface area contributed by atoms with Gasteiger partial charge in [-0.1, -0.05) is 143 Å². The van der Waals surface area contributed by atoms with E-state index in [0.717, 1.165) is 57.8 Å². The van der Waals surface area contributed by atoms with Crippen molar-refractivity contribution >= 4 is 23.9 Å². The summed E-state index contributed by atoms with van der Waals surface area (Å²) in [5.41, 5.74) is 0. The molecule has 1 aliphatic heterocycles. The van der Waals surface area contributed by atoms with Gasteiger partial charge in [0.1, 0.15) is 18.2 Å². The van der Waals surface area contributed by atoms with Crippen LogP contribution in [0.3, 0.4) is 0 Å². The van der Waals surface area contributed by atoms with Gasteiger partial charge in [0.15, 0.2) is 0 Å². The molecule has 0 N–H and O–H groups in total. The number of rotatable bonds is 41. The van der Waals surface area contributed by atoms with Crippen LogP contribution in [-0.2, 0) is 38.1 Å². The third kappa shape index (κ3) is 32.2. The van der Waals surface area contributed by atoms with Crippen LogP contribution in [0.1, 0.15) is 226 Å². The van der Waals surface area contributed by atoms with Crippen molar-refractivity contribution in [3.8, 4) is 0 Å². The summed E-state index contributed by atoms with van der Waals surface area (Å²) in [6.07, 6.45) is 32.4. The Kier molecular flexibility index (Phi) is 36.0. The van der Waals surface area contributed by atoms with Crippen LogP contribution in [0.5, 0.6) is 0 Å². The molecule has 1 aliphatic rings. The third-order valence-electron chi connectivity index (χ3n) is 11.6. The molecule has 0 bridgehead atoms. The third-order valence-corrected chi connectivity index (χ3v) is 11.6. The van der Waals surface area contributed by atoms with Gasteiger partial charge in [-0.3, -0.25) is 24.1 Å². The first-order valence-electron chi connectivity index (χ1n) is 24.8. The minimum Gasteiger partial charge on any atom is -0.466 e. The summed E-state index contributed by atoms with van der Waals surface area (Å²) < 4.78 is 23.0. The van der Waals surface area contributed by atoms with Gasteiger partial charge in [0.2, 0.25) is 0 Å². The zero-order valence-electron chi connectivity index (χ0n) is 39.1. The topological polar surface area (TPSA) is 112 Å². The van der Waals surface area contributed by atoms with E-state index >= 15 is 0 Å². The number of hydrogen-bond acceptors (Lipinski definition) is 10. The number of ether oxygens (including phenoxy) is 4. The van der Waals surface area contributed by atoms with Gasteiger partial charge >= 0.3 is 23.9 Å². The van der Waals surface area contributed by atoms with Crippen LogP contribution in [0.25, 0.3) is 0 Å². The first-order chi connectivity index (χ1) is 28.7. The molecular formula is C49H92N2O8. The zero-order valence-corrected chi connectivity index (χ0v) is 39.1. The smallest absolute Gasteiger partial charge is 0.323 e. The molecule has 346 valence electrons. The lowest BCUT2D eigenvalue weighted by atomic mass is 10.0. The Bertz CT molecular complexity index is 1020. The Labute approximate surface area is 362 Å². The molecule has 0 unspecified atom stereocenters. The van der Waals surface area contributed by atoms with E-state index in [0.29, 0.717) is 64.8 Å². The molecule has 1 rings (SSSR count). The van der Waals surface area contributed by atoms with Crippen molar-refractivity contribution in [3.05, 3.63) is 0 Å². The molecule has 2 atom stereocenters. The second kappa shape index (κ2) is 38.7. The van der Waals surface area contributed by atoms with E-state index in [1.807, 2.05) is 19.0 Å². The van der Waals surface area contributed by atoms with Crippen LogP contribution < -0.4 is 0 Å². The van der Waals surface area contributed by atoms with Gasteiger partial charge in [-0.15, -0.1) is 0 Å². The normalized spacial score (nSPS) is 15.6. The summed E-state index contributed by atoms with van der Waals surface area (Å²) in [4.78, 5) is 55.1. The quantitative estimate of drug-likeness (QED) is 0.0335. The van der Waals surface area contributed by atoms with Gasteiger partial charge in [0.25, 0.3) is 0 Å². The van der Waals surface area contributed by atoms with Gasteiger partial charge in [-0.2, -0.15) is 0 Å². The van der Waals surface area contributed by atoms with Crippen molar-refractivity contribution in [1.29, 1.82) is 0 Å². The molecule has 10 heteroatoms. The first kappa shape index (κ1) is 54.8. The second-order valence-electron chi connectivity index (χ2n) is 17.6. The predicted octanol–water partition coefficient (Wildman–Crippen LogP) is 11.7. The van der Waals surface area contributed by atoms with Gasteiger partial charge < -0.3 is 23.8 Å². The second-order valence-corrected chi connectivity index (χ2v) is 17.6. The van der Waals surface area contributed by atoms with E-state index in [1.165, 1.54) is 109 Å². The number of unbranched alkanes of at least 4 members (excludes halogenated alkanes) is 21. The zero-order chi connectivity index (χ0) is 43.2. The van der Waals surface area contributed by atoms with Crippen LogP contribution in [0, 0.1) is 0 Å². The highest BCUT2D eigenvalue weighted by Gasteiger charge is 2.39. The summed E-state index contributed by atoms with van der Waals surface area (Å²) >= 11 is 0. The number of esters is 4. The van der Waals surface area contributed by atoms with Crippen LogP contribution in [0.4, 0.5) is 0 Å². The van der Waals surface area contributed by atoms with Crippen LogP contribution in [0.2, 0.25) is 0 Å². The molecule has 1 fully saturated rings. The van der Waals surface area contributed by atoms with Gasteiger partial charge in [-0.25, -0.2) is 0 Å². The SMILES string of the molecule is CCCCCCCCCCCOC(=O)CCCCCN1C[C@@H](OC(=O)CCN(C)C)C[C@H]1C(=O)OCCCCC(=O)OC(CCCCCCCC)CCCCCCCC. The maximum absolute atomic E-state index is 13.4. The summed E-state index contributed by atoms with van der Waals surface area (Å²) in [7, 11) is 3.84. The van der Waals surface area contributed by atoms with E-state index in [-0.39, 0.29) is 42.7 Å². The highest BCUT2D eigenvalue weighted by molar-refractivity contribution is 5.76. The van der Waals surface area contributed by atoms with E-state index < -0.39 is 6.04 Å². The Morgan fingerprint density at radius 3 is 1.59 bits per heavy atom. The van der Waals surface area contributed by atoms with Crippen molar-refractivity contribution in [2.24, 2.45) is 0 Å². The predicted molar refractivity (Wildman–Crippen MR) is 240 cm³/mol. The average Bonchev–Trinajstić information content (AvgIpc) is 3.61. The van der Waals surface area contributed by atoms with Crippen LogP contribution in [-0.4, -0.2) is 98.9 Å². The number of likely N-dealkylation sites (tertiary alicyclic amines) is 1. The number of nitrogens with zero attached hydrogens (tertiary/aromatic N) is 2. The Morgan fingerprint density at radius 2 is 1.02 bits per heavy atom. The molecular weight excluding hydrogens is 745 g/mol. The van der Waals surface area contributed by atoms with Gasteiger partial charge in [-0.05, 0) is 78.4 Å². The van der Waals surface area contributed by atoms with E-state index in [4.69, 9.17) is 18.9 Å². The molecule has 0 radical (unpaired) electrons. The summed E-state index contributed by atoms with van der Waals surface area (Å²) in [5, 5.41) is 0. The summed E-state index contributed by atoms with van der Waals surface area (Å²) in [6.45, 7) is 9.20. The molecule has 59 heavy (non-hydrogen) atoms. The van der Waals surface area contributed by atoms with Crippen molar-refractivity contribution in [2.45, 2.75) is 244 Å². The maximum Gasteiger partial charge on any atom is 0.323 e. The molecule has 1 saturated heterocycles. The average molecular weight is 837 g/mol. The minimum absolute atomic E-state index is 0.000789. The monoisotopic (exact) mass is 837 g/mol. The molecule has 1 heterocycles. The number of carbonyl (C=O) groups is 4. The fourth-order valence-electron chi connectivity index (χ4n) is 7.88. The lowest BCUT2D eigenvalue weighted by Gasteiger charge is -2.22. The highest BCUT2D eigenvalue weighted by atomic mass is 16.6. The largest absolute Gasteiger partial charge is 0.466 e. The first-order valence-corrected chi connectivity index (χ1v) is 24.8. The summed E-state index contributed by atoms with van der Waals surface area (Å²) in [5.74, 6) is -0.846. The molecule has 0 spiro atoms. The molecule has 0 saturated carbocycles. The van der Waals surface area contributed by atoms with Gasteiger partial charge in [0.05, 0.1) is 19.6 Å². The van der Waals surface area contributed by atoms with E-state index in [2.05, 4.69) is 25.7 Å². The van der Waals surface area contributed by atoms with Crippen molar-refractivity contribution in [2.75, 3.05) is 46.9 Å². The molecule has 0 amide bonds.